The lowest BCUT2D eigenvalue weighted by Crippen LogP contribution is -2.42. The van der Waals surface area contributed by atoms with Crippen LogP contribution in [0.1, 0.15) is 30.7 Å². The van der Waals surface area contributed by atoms with Crippen molar-refractivity contribution in [1.82, 2.24) is 14.8 Å². The van der Waals surface area contributed by atoms with Gasteiger partial charge in [-0.15, -0.1) is 0 Å². The number of rotatable bonds is 3. The molecule has 0 radical (unpaired) electrons. The van der Waals surface area contributed by atoms with Gasteiger partial charge in [0, 0.05) is 11.7 Å². The van der Waals surface area contributed by atoms with E-state index in [1.54, 1.807) is 10.9 Å². The Hall–Kier alpha value is -2.21. The molecule has 4 rings (SSSR count). The van der Waals surface area contributed by atoms with E-state index in [0.29, 0.717) is 17.5 Å². The number of nitrogens with one attached hydrogen (secondary N) is 1. The van der Waals surface area contributed by atoms with Crippen molar-refractivity contribution in [3.05, 3.63) is 35.8 Å². The van der Waals surface area contributed by atoms with Gasteiger partial charge in [-0.05, 0) is 63.1 Å². The number of nitrogens with zero attached hydrogens (tertiary/aromatic N) is 3. The maximum Gasteiger partial charge on any atom is 0.229 e. The van der Waals surface area contributed by atoms with E-state index < -0.39 is 0 Å². The van der Waals surface area contributed by atoms with Crippen LogP contribution in [0.25, 0.3) is 5.82 Å². The Morgan fingerprint density at radius 3 is 2.67 bits per heavy atom. The van der Waals surface area contributed by atoms with Gasteiger partial charge in [0.2, 0.25) is 5.91 Å². The van der Waals surface area contributed by atoms with Crippen LogP contribution in [0.15, 0.2) is 24.4 Å². The normalized spacial score (nSPS) is 28.3. The molecule has 0 aromatic carbocycles. The summed E-state index contributed by atoms with van der Waals surface area (Å²) in [6, 6.07) is 5.75. The molecule has 0 aliphatic heterocycles. The highest BCUT2D eigenvalue weighted by molar-refractivity contribution is 5.93. The Balaban J connectivity index is 1.48. The number of anilines is 1. The zero-order valence-electron chi connectivity index (χ0n) is 14.1. The molecule has 0 saturated heterocycles. The minimum Gasteiger partial charge on any atom is -0.327 e. The van der Waals surface area contributed by atoms with Crippen molar-refractivity contribution < 1.29 is 4.79 Å². The smallest absolute Gasteiger partial charge is 0.229 e. The second-order valence-electron chi connectivity index (χ2n) is 7.17. The molecule has 3 N–H and O–H groups in total. The van der Waals surface area contributed by atoms with E-state index >= 15 is 0 Å². The molecule has 2 aliphatic carbocycles. The molecule has 6 nitrogen and oxygen atoms in total. The number of aromatic nitrogens is 3. The summed E-state index contributed by atoms with van der Waals surface area (Å²) in [4.78, 5) is 17.0. The summed E-state index contributed by atoms with van der Waals surface area (Å²) < 4.78 is 1.80. The Morgan fingerprint density at radius 2 is 2.08 bits per heavy atom. The first-order valence-corrected chi connectivity index (χ1v) is 8.59. The van der Waals surface area contributed by atoms with Crippen LogP contribution in [0.3, 0.4) is 0 Å². The van der Waals surface area contributed by atoms with E-state index in [0.717, 1.165) is 30.0 Å². The van der Waals surface area contributed by atoms with E-state index in [-0.39, 0.29) is 17.9 Å². The monoisotopic (exact) mass is 325 g/mol. The standard InChI is InChI=1S/C18H23N5O/c1-10-7-11(2)23(22-10)15-6-5-14(9-20-15)21-18(24)16-12-3-4-13(8-12)17(16)19/h5-7,9,12-13,16-17H,3-4,8,19H2,1-2H3,(H,21,24). The Kier molecular flexibility index (Phi) is 3.64. The first-order chi connectivity index (χ1) is 11.5. The average Bonchev–Trinajstić information content (AvgIpc) is 3.22. The number of hydrogen-bond donors (Lipinski definition) is 2. The van der Waals surface area contributed by atoms with E-state index in [9.17, 15) is 4.79 Å². The first kappa shape index (κ1) is 15.3. The summed E-state index contributed by atoms with van der Waals surface area (Å²) in [7, 11) is 0. The fourth-order valence-corrected chi connectivity index (χ4v) is 4.40. The Labute approximate surface area is 141 Å². The van der Waals surface area contributed by atoms with Gasteiger partial charge in [0.05, 0.1) is 23.5 Å². The topological polar surface area (TPSA) is 85.8 Å². The fourth-order valence-electron chi connectivity index (χ4n) is 4.40. The summed E-state index contributed by atoms with van der Waals surface area (Å²) in [6.07, 6.45) is 5.09. The SMILES string of the molecule is Cc1cc(C)n(-c2ccc(NC(=O)C3C4CCC(C4)C3N)cn2)n1. The van der Waals surface area contributed by atoms with Gasteiger partial charge in [-0.25, -0.2) is 9.67 Å². The van der Waals surface area contributed by atoms with Gasteiger partial charge in [-0.3, -0.25) is 4.79 Å². The number of hydrogen-bond acceptors (Lipinski definition) is 4. The van der Waals surface area contributed by atoms with Gasteiger partial charge in [0.25, 0.3) is 0 Å². The maximum absolute atomic E-state index is 12.6. The number of aryl methyl sites for hydroxylation is 2. The van der Waals surface area contributed by atoms with Gasteiger partial charge in [-0.1, -0.05) is 0 Å². The van der Waals surface area contributed by atoms with Crippen molar-refractivity contribution in [2.24, 2.45) is 23.5 Å². The molecular weight excluding hydrogens is 302 g/mol. The highest BCUT2D eigenvalue weighted by Crippen LogP contribution is 2.47. The van der Waals surface area contributed by atoms with E-state index in [4.69, 9.17) is 5.73 Å². The number of carbonyl (C=O) groups excluding carboxylic acids is 1. The van der Waals surface area contributed by atoms with Crippen molar-refractivity contribution in [2.75, 3.05) is 5.32 Å². The van der Waals surface area contributed by atoms with Crippen LogP contribution in [0, 0.1) is 31.6 Å². The highest BCUT2D eigenvalue weighted by Gasteiger charge is 2.49. The molecule has 4 atom stereocenters. The molecule has 2 saturated carbocycles. The summed E-state index contributed by atoms with van der Waals surface area (Å²) in [6.45, 7) is 3.95. The third-order valence-corrected chi connectivity index (χ3v) is 5.53. The van der Waals surface area contributed by atoms with E-state index in [1.807, 2.05) is 32.0 Å². The van der Waals surface area contributed by atoms with E-state index in [1.165, 1.54) is 6.42 Å². The molecule has 6 heteroatoms. The fraction of sp³-hybridized carbons (Fsp3) is 0.500. The molecule has 24 heavy (non-hydrogen) atoms. The minimum absolute atomic E-state index is 0.00526. The van der Waals surface area contributed by atoms with Crippen LogP contribution in [-0.2, 0) is 4.79 Å². The quantitative estimate of drug-likeness (QED) is 0.906. The molecule has 0 spiro atoms. The van der Waals surface area contributed by atoms with Crippen LogP contribution < -0.4 is 11.1 Å². The lowest BCUT2D eigenvalue weighted by Gasteiger charge is -2.26. The summed E-state index contributed by atoms with van der Waals surface area (Å²) in [5.41, 5.74) is 8.95. The number of amides is 1. The van der Waals surface area contributed by atoms with E-state index in [2.05, 4.69) is 15.4 Å². The van der Waals surface area contributed by atoms with Crippen LogP contribution in [0.2, 0.25) is 0 Å². The predicted molar refractivity (Wildman–Crippen MR) is 91.8 cm³/mol. The molecule has 2 bridgehead atoms. The highest BCUT2D eigenvalue weighted by atomic mass is 16.2. The summed E-state index contributed by atoms with van der Waals surface area (Å²) >= 11 is 0. The molecule has 2 aromatic heterocycles. The van der Waals surface area contributed by atoms with Crippen molar-refractivity contribution >= 4 is 11.6 Å². The van der Waals surface area contributed by atoms with Gasteiger partial charge < -0.3 is 11.1 Å². The molecule has 2 aromatic rings. The molecule has 1 amide bonds. The third kappa shape index (κ3) is 2.51. The lowest BCUT2D eigenvalue weighted by molar-refractivity contribution is -0.121. The summed E-state index contributed by atoms with van der Waals surface area (Å²) in [5, 5.41) is 7.41. The first-order valence-electron chi connectivity index (χ1n) is 8.59. The molecule has 126 valence electrons. The average molecular weight is 325 g/mol. The molecule has 4 unspecified atom stereocenters. The third-order valence-electron chi connectivity index (χ3n) is 5.53. The largest absolute Gasteiger partial charge is 0.327 e. The number of nitrogens with two attached hydrogens (primary N) is 1. The van der Waals surface area contributed by atoms with Crippen LogP contribution in [0.4, 0.5) is 5.69 Å². The summed E-state index contributed by atoms with van der Waals surface area (Å²) in [5.74, 6) is 1.70. The number of pyridine rings is 1. The van der Waals surface area contributed by atoms with Crippen molar-refractivity contribution in [3.63, 3.8) is 0 Å². The Bertz CT molecular complexity index is 764. The number of fused-ring (bicyclic) bond motifs is 2. The van der Waals surface area contributed by atoms with Gasteiger partial charge >= 0.3 is 0 Å². The molecular formula is C18H23N5O. The minimum atomic E-state index is -0.0561. The maximum atomic E-state index is 12.6. The van der Waals surface area contributed by atoms with Crippen molar-refractivity contribution in [3.8, 4) is 5.82 Å². The zero-order chi connectivity index (χ0) is 16.8. The second-order valence-corrected chi connectivity index (χ2v) is 7.17. The van der Waals surface area contributed by atoms with Gasteiger partial charge in [0.1, 0.15) is 0 Å². The van der Waals surface area contributed by atoms with Crippen LogP contribution >= 0.6 is 0 Å². The van der Waals surface area contributed by atoms with Crippen LogP contribution in [-0.4, -0.2) is 26.7 Å². The van der Waals surface area contributed by atoms with Gasteiger partial charge in [0.15, 0.2) is 5.82 Å². The van der Waals surface area contributed by atoms with Crippen LogP contribution in [0.5, 0.6) is 0 Å². The molecule has 2 aliphatic rings. The number of carbonyl (C=O) groups is 1. The second kappa shape index (κ2) is 5.70. The van der Waals surface area contributed by atoms with Crippen molar-refractivity contribution in [1.29, 1.82) is 0 Å². The predicted octanol–water partition coefficient (Wildman–Crippen LogP) is 2.20. The zero-order valence-corrected chi connectivity index (χ0v) is 14.1. The molecule has 2 heterocycles. The van der Waals surface area contributed by atoms with Crippen molar-refractivity contribution in [2.45, 2.75) is 39.2 Å². The molecule has 2 fully saturated rings. The Morgan fingerprint density at radius 1 is 1.29 bits per heavy atom. The van der Waals surface area contributed by atoms with Gasteiger partial charge in [-0.2, -0.15) is 5.10 Å². The lowest BCUT2D eigenvalue weighted by atomic mass is 9.84.